The van der Waals surface area contributed by atoms with E-state index < -0.39 is 0 Å². The fourth-order valence-electron chi connectivity index (χ4n) is 2.81. The Hall–Kier alpha value is -0.810. The van der Waals surface area contributed by atoms with Crippen molar-refractivity contribution in [3.05, 3.63) is 0 Å². The summed E-state index contributed by atoms with van der Waals surface area (Å²) < 4.78 is 10.5. The van der Waals surface area contributed by atoms with E-state index in [1.807, 2.05) is 6.92 Å². The number of nitrogens with zero attached hydrogens (tertiary/aromatic N) is 1. The fraction of sp³-hybridized carbons (Fsp3) is 0.900. The number of amides is 1. The first-order valence-electron chi connectivity index (χ1n) is 5.53. The molecule has 5 nitrogen and oxygen atoms in total. The van der Waals surface area contributed by atoms with Crippen molar-refractivity contribution in [2.75, 3.05) is 32.9 Å². The molecule has 3 heterocycles. The molecular weight excluding hydrogens is 196 g/mol. The Balaban J connectivity index is 1.68. The molecule has 3 fully saturated rings. The maximum absolute atomic E-state index is 11.6. The third kappa shape index (κ3) is 1.26. The molecule has 0 radical (unpaired) electrons. The van der Waals surface area contributed by atoms with E-state index in [0.717, 1.165) is 26.3 Å². The minimum atomic E-state index is -0.188. The number of hydrogen-bond donors (Lipinski definition) is 1. The van der Waals surface area contributed by atoms with Gasteiger partial charge in [0.1, 0.15) is 0 Å². The lowest BCUT2D eigenvalue weighted by Crippen LogP contribution is -2.48. The van der Waals surface area contributed by atoms with Crippen LogP contribution in [0.2, 0.25) is 0 Å². The van der Waals surface area contributed by atoms with E-state index in [9.17, 15) is 4.79 Å². The van der Waals surface area contributed by atoms with Gasteiger partial charge in [0.15, 0.2) is 0 Å². The van der Waals surface area contributed by atoms with Gasteiger partial charge in [-0.1, -0.05) is 0 Å². The van der Waals surface area contributed by atoms with Crippen molar-refractivity contribution in [3.63, 3.8) is 0 Å². The van der Waals surface area contributed by atoms with Crippen molar-refractivity contribution < 1.29 is 14.3 Å². The van der Waals surface area contributed by atoms with E-state index in [2.05, 4.69) is 5.32 Å². The molecule has 0 aromatic rings. The van der Waals surface area contributed by atoms with Gasteiger partial charge in [-0.15, -0.1) is 0 Å². The first kappa shape index (κ1) is 9.42. The lowest BCUT2D eigenvalue weighted by molar-refractivity contribution is 0.0911. The van der Waals surface area contributed by atoms with Crippen LogP contribution in [0.4, 0.5) is 4.79 Å². The molecule has 0 aromatic carbocycles. The summed E-state index contributed by atoms with van der Waals surface area (Å²) in [5, 5.41) is 3.46. The van der Waals surface area contributed by atoms with Crippen molar-refractivity contribution in [3.8, 4) is 0 Å². The van der Waals surface area contributed by atoms with E-state index in [1.54, 1.807) is 4.90 Å². The second-order valence-corrected chi connectivity index (χ2v) is 4.55. The standard InChI is InChI=1S/C10H16N2O3/c1-2-15-9(13)12-3-7-5-14-6-10(7)8(4-12)11-10/h7-8,11H,2-6H2,1H3. The zero-order valence-corrected chi connectivity index (χ0v) is 8.86. The molecule has 1 N–H and O–H groups in total. The summed E-state index contributed by atoms with van der Waals surface area (Å²) in [5.74, 6) is 0.445. The van der Waals surface area contributed by atoms with Crippen LogP contribution in [0.1, 0.15) is 6.92 Å². The minimum Gasteiger partial charge on any atom is -0.450 e. The molecule has 0 aromatic heterocycles. The molecule has 15 heavy (non-hydrogen) atoms. The Morgan fingerprint density at radius 1 is 1.67 bits per heavy atom. The van der Waals surface area contributed by atoms with E-state index in [0.29, 0.717) is 18.6 Å². The maximum Gasteiger partial charge on any atom is 0.409 e. The Bertz CT molecular complexity index is 296. The quantitative estimate of drug-likeness (QED) is 0.612. The summed E-state index contributed by atoms with van der Waals surface area (Å²) in [5.41, 5.74) is 0.197. The summed E-state index contributed by atoms with van der Waals surface area (Å²) in [6.07, 6.45) is -0.188. The molecule has 3 aliphatic heterocycles. The van der Waals surface area contributed by atoms with Gasteiger partial charge in [0, 0.05) is 25.0 Å². The summed E-state index contributed by atoms with van der Waals surface area (Å²) in [7, 11) is 0. The second-order valence-electron chi connectivity index (χ2n) is 4.55. The van der Waals surface area contributed by atoms with E-state index in [-0.39, 0.29) is 11.6 Å². The highest BCUT2D eigenvalue weighted by molar-refractivity contribution is 5.68. The first-order valence-corrected chi connectivity index (χ1v) is 5.53. The largest absolute Gasteiger partial charge is 0.450 e. The summed E-state index contributed by atoms with van der Waals surface area (Å²) in [6.45, 7) is 5.37. The van der Waals surface area contributed by atoms with Crippen LogP contribution in [-0.4, -0.2) is 55.5 Å². The zero-order chi connectivity index (χ0) is 10.5. The highest BCUT2D eigenvalue weighted by Gasteiger charge is 2.65. The van der Waals surface area contributed by atoms with Crippen LogP contribution in [0.3, 0.4) is 0 Å². The number of likely N-dealkylation sites (tertiary alicyclic amines) is 1. The average Bonchev–Trinajstić information content (AvgIpc) is 2.78. The van der Waals surface area contributed by atoms with Crippen molar-refractivity contribution in [1.82, 2.24) is 10.2 Å². The molecule has 3 atom stereocenters. The molecule has 1 spiro atoms. The number of nitrogens with one attached hydrogen (secondary N) is 1. The molecule has 0 bridgehead atoms. The fourth-order valence-corrected chi connectivity index (χ4v) is 2.81. The molecule has 3 saturated heterocycles. The van der Waals surface area contributed by atoms with E-state index in [4.69, 9.17) is 9.47 Å². The van der Waals surface area contributed by atoms with Crippen molar-refractivity contribution >= 4 is 6.09 Å². The van der Waals surface area contributed by atoms with Crippen LogP contribution in [-0.2, 0) is 9.47 Å². The summed E-state index contributed by atoms with van der Waals surface area (Å²) in [4.78, 5) is 13.4. The maximum atomic E-state index is 11.6. The van der Waals surface area contributed by atoms with Gasteiger partial charge in [-0.2, -0.15) is 0 Å². The molecule has 5 heteroatoms. The average molecular weight is 212 g/mol. The van der Waals surface area contributed by atoms with Gasteiger partial charge in [0.05, 0.1) is 25.4 Å². The lowest BCUT2D eigenvalue weighted by atomic mass is 9.88. The van der Waals surface area contributed by atoms with Crippen LogP contribution in [0.25, 0.3) is 0 Å². The van der Waals surface area contributed by atoms with Crippen LogP contribution < -0.4 is 5.32 Å². The van der Waals surface area contributed by atoms with Crippen LogP contribution >= 0.6 is 0 Å². The second kappa shape index (κ2) is 3.09. The van der Waals surface area contributed by atoms with Gasteiger partial charge >= 0.3 is 6.09 Å². The van der Waals surface area contributed by atoms with Crippen LogP contribution in [0.15, 0.2) is 0 Å². The molecule has 0 aliphatic carbocycles. The molecule has 3 aliphatic rings. The van der Waals surface area contributed by atoms with Gasteiger partial charge in [0.2, 0.25) is 0 Å². The Kier molecular flexibility index (Phi) is 1.94. The van der Waals surface area contributed by atoms with Gasteiger partial charge in [0.25, 0.3) is 0 Å². The third-order valence-corrected chi connectivity index (χ3v) is 3.74. The van der Waals surface area contributed by atoms with E-state index >= 15 is 0 Å². The Morgan fingerprint density at radius 3 is 3.33 bits per heavy atom. The molecular formula is C10H16N2O3. The summed E-state index contributed by atoms with van der Waals surface area (Å²) in [6, 6.07) is 0.420. The molecule has 3 unspecified atom stereocenters. The number of rotatable bonds is 1. The number of carbonyl (C=O) groups is 1. The highest BCUT2D eigenvalue weighted by atomic mass is 16.6. The number of hydrogen-bond acceptors (Lipinski definition) is 4. The lowest BCUT2D eigenvalue weighted by Gasteiger charge is -2.31. The van der Waals surface area contributed by atoms with Crippen molar-refractivity contribution in [2.45, 2.75) is 18.5 Å². The van der Waals surface area contributed by atoms with Crippen molar-refractivity contribution in [2.24, 2.45) is 5.92 Å². The highest BCUT2D eigenvalue weighted by Crippen LogP contribution is 2.43. The first-order chi connectivity index (χ1) is 7.26. The minimum absolute atomic E-state index is 0.188. The molecule has 3 rings (SSSR count). The number of piperidine rings is 1. The van der Waals surface area contributed by atoms with Gasteiger partial charge in [-0.05, 0) is 6.92 Å². The molecule has 0 saturated carbocycles. The predicted molar refractivity (Wildman–Crippen MR) is 52.6 cm³/mol. The SMILES string of the molecule is CCOC(=O)N1CC2COCC23NC3C1. The van der Waals surface area contributed by atoms with Crippen molar-refractivity contribution in [1.29, 1.82) is 0 Å². The van der Waals surface area contributed by atoms with E-state index in [1.165, 1.54) is 0 Å². The summed E-state index contributed by atoms with van der Waals surface area (Å²) >= 11 is 0. The zero-order valence-electron chi connectivity index (χ0n) is 8.86. The van der Waals surface area contributed by atoms with Gasteiger partial charge < -0.3 is 19.7 Å². The third-order valence-electron chi connectivity index (χ3n) is 3.74. The van der Waals surface area contributed by atoms with Gasteiger partial charge in [-0.25, -0.2) is 4.79 Å². The predicted octanol–water partition coefficient (Wildman–Crippen LogP) is -0.185. The Morgan fingerprint density at radius 2 is 2.53 bits per heavy atom. The number of ether oxygens (including phenoxy) is 2. The molecule has 84 valence electrons. The number of carbonyl (C=O) groups excluding carboxylic acids is 1. The normalized spacial score (nSPS) is 42.1. The van der Waals surface area contributed by atoms with Crippen LogP contribution in [0.5, 0.6) is 0 Å². The van der Waals surface area contributed by atoms with Crippen LogP contribution in [0, 0.1) is 5.92 Å². The Labute approximate surface area is 88.7 Å². The monoisotopic (exact) mass is 212 g/mol. The molecule has 1 amide bonds. The van der Waals surface area contributed by atoms with Gasteiger partial charge in [-0.3, -0.25) is 0 Å². The topological polar surface area (TPSA) is 60.7 Å². The smallest absolute Gasteiger partial charge is 0.409 e.